The van der Waals surface area contributed by atoms with E-state index in [0.29, 0.717) is 17.6 Å². The summed E-state index contributed by atoms with van der Waals surface area (Å²) in [6, 6.07) is 0. The van der Waals surface area contributed by atoms with Gasteiger partial charge in [0.05, 0.1) is 25.4 Å². The second kappa shape index (κ2) is 6.20. The Labute approximate surface area is 131 Å². The zero-order valence-corrected chi connectivity index (χ0v) is 14.4. The van der Waals surface area contributed by atoms with Crippen molar-refractivity contribution in [2.45, 2.75) is 78.4 Å². The molecule has 0 aromatic rings. The fourth-order valence-corrected chi connectivity index (χ4v) is 4.59. The maximum Gasteiger partial charge on any atom is 0.0582 e. The highest BCUT2D eigenvalue weighted by atomic mass is 16.5. The molecule has 4 fully saturated rings. The van der Waals surface area contributed by atoms with Crippen molar-refractivity contribution in [3.8, 4) is 0 Å². The second-order valence-electron chi connectivity index (χ2n) is 8.84. The lowest BCUT2D eigenvalue weighted by molar-refractivity contribution is -0.185. The summed E-state index contributed by atoms with van der Waals surface area (Å²) in [7, 11) is 0. The highest BCUT2D eigenvalue weighted by molar-refractivity contribution is 4.98. The van der Waals surface area contributed by atoms with E-state index in [1.54, 1.807) is 0 Å². The van der Waals surface area contributed by atoms with Crippen molar-refractivity contribution >= 4 is 0 Å². The molecular formula is C19H34O2. The second-order valence-corrected chi connectivity index (χ2v) is 8.84. The smallest absolute Gasteiger partial charge is 0.0582 e. The van der Waals surface area contributed by atoms with Crippen LogP contribution < -0.4 is 0 Å². The summed E-state index contributed by atoms with van der Waals surface area (Å²) in [4.78, 5) is 0. The summed E-state index contributed by atoms with van der Waals surface area (Å²) in [5.41, 5.74) is 0.676. The molecule has 4 rings (SSSR count). The van der Waals surface area contributed by atoms with Gasteiger partial charge in [-0.05, 0) is 62.2 Å². The zero-order valence-electron chi connectivity index (χ0n) is 14.4. The van der Waals surface area contributed by atoms with Crippen LogP contribution in [0.3, 0.4) is 0 Å². The van der Waals surface area contributed by atoms with Gasteiger partial charge in [-0.25, -0.2) is 0 Å². The fraction of sp³-hybridized carbons (Fsp3) is 1.00. The molecule has 0 radical (unpaired) electrons. The Morgan fingerprint density at radius 2 is 1.33 bits per heavy atom. The van der Waals surface area contributed by atoms with E-state index < -0.39 is 0 Å². The Bertz CT molecular complexity index is 325. The summed E-state index contributed by atoms with van der Waals surface area (Å²) in [5.74, 6) is 3.71. The summed E-state index contributed by atoms with van der Waals surface area (Å²) < 4.78 is 11.0. The molecule has 0 amide bonds. The third kappa shape index (κ3) is 3.47. The molecule has 1 spiro atoms. The molecule has 2 heteroatoms. The van der Waals surface area contributed by atoms with Crippen LogP contribution in [-0.4, -0.2) is 25.4 Å². The molecule has 4 aliphatic rings. The number of ether oxygens (including phenoxy) is 2. The van der Waals surface area contributed by atoms with E-state index in [1.807, 2.05) is 0 Å². The average molecular weight is 294 g/mol. The van der Waals surface area contributed by atoms with Crippen molar-refractivity contribution in [3.05, 3.63) is 0 Å². The summed E-state index contributed by atoms with van der Waals surface area (Å²) in [6.07, 6.45) is 9.43. The first-order valence-electron chi connectivity index (χ1n) is 9.21. The van der Waals surface area contributed by atoms with Crippen LogP contribution in [0, 0.1) is 29.1 Å². The van der Waals surface area contributed by atoms with E-state index in [9.17, 15) is 0 Å². The molecule has 122 valence electrons. The van der Waals surface area contributed by atoms with Crippen molar-refractivity contribution < 1.29 is 9.47 Å². The molecule has 3 aliphatic heterocycles. The van der Waals surface area contributed by atoms with Crippen LogP contribution in [-0.2, 0) is 9.47 Å². The third-order valence-corrected chi connectivity index (χ3v) is 6.42. The maximum absolute atomic E-state index is 5.78. The molecule has 21 heavy (non-hydrogen) atoms. The molecule has 0 N–H and O–H groups in total. The van der Waals surface area contributed by atoms with E-state index in [4.69, 9.17) is 9.47 Å². The van der Waals surface area contributed by atoms with Crippen LogP contribution in [0.4, 0.5) is 0 Å². The van der Waals surface area contributed by atoms with Gasteiger partial charge in [-0.3, -0.25) is 0 Å². The van der Waals surface area contributed by atoms with Crippen LogP contribution >= 0.6 is 0 Å². The van der Waals surface area contributed by atoms with Gasteiger partial charge >= 0.3 is 0 Å². The molecule has 2 nitrogen and oxygen atoms in total. The Morgan fingerprint density at radius 1 is 0.810 bits per heavy atom. The lowest BCUT2D eigenvalue weighted by Gasteiger charge is -2.54. The highest BCUT2D eigenvalue weighted by Crippen LogP contribution is 2.53. The zero-order chi connectivity index (χ0) is 15.0. The Balaban J connectivity index is 0.000000126. The van der Waals surface area contributed by atoms with Crippen LogP contribution in [0.5, 0.6) is 0 Å². The number of rotatable bonds is 2. The van der Waals surface area contributed by atoms with Crippen LogP contribution in [0.15, 0.2) is 0 Å². The van der Waals surface area contributed by atoms with Gasteiger partial charge in [0, 0.05) is 5.41 Å². The number of hydrogen-bond acceptors (Lipinski definition) is 2. The molecule has 2 unspecified atom stereocenters. The highest BCUT2D eigenvalue weighted by Gasteiger charge is 2.50. The van der Waals surface area contributed by atoms with Crippen molar-refractivity contribution in [1.29, 1.82) is 0 Å². The maximum atomic E-state index is 5.78. The molecule has 0 aromatic heterocycles. The molecule has 2 bridgehead atoms. The molecule has 2 atom stereocenters. The minimum absolute atomic E-state index is 0.626. The van der Waals surface area contributed by atoms with Gasteiger partial charge in [0.15, 0.2) is 0 Å². The van der Waals surface area contributed by atoms with Crippen molar-refractivity contribution in [3.63, 3.8) is 0 Å². The molecule has 1 saturated carbocycles. The van der Waals surface area contributed by atoms with Crippen LogP contribution in [0.1, 0.15) is 66.2 Å². The first-order chi connectivity index (χ1) is 9.97. The van der Waals surface area contributed by atoms with Gasteiger partial charge < -0.3 is 9.47 Å². The van der Waals surface area contributed by atoms with Gasteiger partial charge in [-0.15, -0.1) is 0 Å². The quantitative estimate of drug-likeness (QED) is 0.737. The minimum atomic E-state index is 0.626. The van der Waals surface area contributed by atoms with Crippen LogP contribution in [0.25, 0.3) is 0 Å². The Morgan fingerprint density at radius 3 is 1.71 bits per heavy atom. The normalized spacial score (nSPS) is 37.1. The van der Waals surface area contributed by atoms with E-state index >= 15 is 0 Å². The van der Waals surface area contributed by atoms with Gasteiger partial charge in [0.2, 0.25) is 0 Å². The van der Waals surface area contributed by atoms with E-state index in [0.717, 1.165) is 36.9 Å². The number of hydrogen-bond donors (Lipinski definition) is 0. The predicted octanol–water partition coefficient (Wildman–Crippen LogP) is 4.67. The van der Waals surface area contributed by atoms with E-state index in [-0.39, 0.29) is 0 Å². The Kier molecular flexibility index (Phi) is 4.66. The molecular weight excluding hydrogens is 260 g/mol. The van der Waals surface area contributed by atoms with Gasteiger partial charge in [-0.1, -0.05) is 27.7 Å². The lowest BCUT2D eigenvalue weighted by atomic mass is 9.58. The third-order valence-electron chi connectivity index (χ3n) is 6.42. The van der Waals surface area contributed by atoms with Gasteiger partial charge in [-0.2, -0.15) is 0 Å². The van der Waals surface area contributed by atoms with Crippen molar-refractivity contribution in [2.75, 3.05) is 13.2 Å². The standard InChI is InChI=1S/C10H18O.C9H16O/c1-7(2)8-5-9-3-4-10(6-8)11-9;1-7(2)8-3-9(4-8)5-10-6-9/h7-10H,3-6H2,1-2H3;7-8H,3-6H2,1-2H3. The molecule has 3 saturated heterocycles. The van der Waals surface area contributed by atoms with E-state index in [2.05, 4.69) is 27.7 Å². The summed E-state index contributed by atoms with van der Waals surface area (Å²) in [6.45, 7) is 11.4. The first kappa shape index (κ1) is 15.8. The topological polar surface area (TPSA) is 18.5 Å². The predicted molar refractivity (Wildman–Crippen MR) is 86.3 cm³/mol. The van der Waals surface area contributed by atoms with Crippen molar-refractivity contribution in [1.82, 2.24) is 0 Å². The molecule has 1 aliphatic carbocycles. The summed E-state index contributed by atoms with van der Waals surface area (Å²) >= 11 is 0. The van der Waals surface area contributed by atoms with Crippen LogP contribution in [0.2, 0.25) is 0 Å². The van der Waals surface area contributed by atoms with Crippen molar-refractivity contribution in [2.24, 2.45) is 29.1 Å². The lowest BCUT2D eigenvalue weighted by Crippen LogP contribution is -2.53. The Hall–Kier alpha value is -0.0800. The number of fused-ring (bicyclic) bond motifs is 2. The fourth-order valence-electron chi connectivity index (χ4n) is 4.59. The average Bonchev–Trinajstić information content (AvgIpc) is 2.65. The monoisotopic (exact) mass is 294 g/mol. The van der Waals surface area contributed by atoms with Gasteiger partial charge in [0.1, 0.15) is 0 Å². The van der Waals surface area contributed by atoms with E-state index in [1.165, 1.54) is 38.5 Å². The first-order valence-corrected chi connectivity index (χ1v) is 9.21. The molecule has 0 aromatic carbocycles. The largest absolute Gasteiger partial charge is 0.380 e. The summed E-state index contributed by atoms with van der Waals surface area (Å²) in [5, 5.41) is 0. The molecule has 3 heterocycles. The SMILES string of the molecule is CC(C)C1CC2(COC2)C1.CC(C)C1CC2CCC(C1)O2. The minimum Gasteiger partial charge on any atom is -0.380 e. The van der Waals surface area contributed by atoms with Gasteiger partial charge in [0.25, 0.3) is 0 Å².